The molecule has 0 aliphatic heterocycles. The maximum atomic E-state index is 14.4. The second-order valence-corrected chi connectivity index (χ2v) is 45.9. The smallest absolute Gasteiger partial charge is 0.338 e. The van der Waals surface area contributed by atoms with Gasteiger partial charge in [-0.05, 0) is 303 Å². The van der Waals surface area contributed by atoms with Crippen LogP contribution in [0, 0.1) is 45.3 Å². The minimum absolute atomic E-state index is 0.0397. The summed E-state index contributed by atoms with van der Waals surface area (Å²) in [5, 5.41) is 124. The number of carbonyl (C=O) groups excluding carboxylic acids is 4. The number of methoxy groups -OCH3 is 2. The molecule has 0 saturated heterocycles. The third-order valence-electron chi connectivity index (χ3n) is 34.0. The average molecular weight is 1860 g/mol. The summed E-state index contributed by atoms with van der Waals surface area (Å²) < 4.78 is 63.3. The van der Waals surface area contributed by atoms with Crippen molar-refractivity contribution in [3.8, 4) is 34.5 Å². The van der Waals surface area contributed by atoms with Gasteiger partial charge in [-0.1, -0.05) is 76.2 Å². The van der Waals surface area contributed by atoms with Gasteiger partial charge in [0.15, 0.2) is 0 Å². The Morgan fingerprint density at radius 2 is 0.507 bits per heavy atom. The molecule has 0 heterocycles. The minimum Gasteiger partial charge on any atom is -0.508 e. The molecule has 20 atom stereocenters. The number of phenolic OH excluding ortho intramolecular Hbond substituents is 4. The minimum atomic E-state index is -1.17. The lowest BCUT2D eigenvalue weighted by atomic mass is 9.47. The van der Waals surface area contributed by atoms with E-state index in [0.29, 0.717) is 93.9 Å². The van der Waals surface area contributed by atoms with Crippen molar-refractivity contribution < 1.29 is 118 Å². The van der Waals surface area contributed by atoms with Crippen LogP contribution >= 0.6 is 0 Å². The monoisotopic (exact) mass is 1860 g/mol. The van der Waals surface area contributed by atoms with Crippen molar-refractivity contribution in [3.63, 3.8) is 0 Å². The van der Waals surface area contributed by atoms with Gasteiger partial charge in [0.25, 0.3) is 0 Å². The van der Waals surface area contributed by atoms with Gasteiger partial charge in [0.2, 0.25) is 0 Å². The summed E-state index contributed by atoms with van der Waals surface area (Å²) in [6, 6.07) is 39.4. The number of hydrogen-bond acceptors (Lipinski definition) is 24. The first kappa shape index (κ1) is 92.4. The molecule has 8 aromatic rings. The van der Waals surface area contributed by atoms with E-state index in [1.54, 1.807) is 121 Å². The molecule has 24 bridgehead atoms. The van der Waals surface area contributed by atoms with E-state index in [2.05, 4.69) is 27.7 Å². The molecule has 720 valence electrons. The van der Waals surface area contributed by atoms with Crippen LogP contribution in [0.3, 0.4) is 0 Å². The van der Waals surface area contributed by atoms with Gasteiger partial charge < -0.3 is 98.4 Å². The van der Waals surface area contributed by atoms with Crippen molar-refractivity contribution in [2.45, 2.75) is 263 Å². The lowest BCUT2D eigenvalue weighted by molar-refractivity contribution is -0.245. The molecule has 17 aliphatic carbocycles. The molecule has 16 fully saturated rings. The van der Waals surface area contributed by atoms with Crippen LogP contribution in [-0.4, -0.2) is 187 Å². The molecule has 16 saturated carbocycles. The van der Waals surface area contributed by atoms with Gasteiger partial charge in [0, 0.05) is 94.9 Å². The summed E-state index contributed by atoms with van der Waals surface area (Å²) >= 11 is 0. The van der Waals surface area contributed by atoms with Crippen LogP contribution in [0.2, 0.25) is 0 Å². The van der Waals surface area contributed by atoms with E-state index in [4.69, 9.17) is 47.4 Å². The van der Waals surface area contributed by atoms with E-state index in [0.717, 1.165) is 128 Å². The summed E-state index contributed by atoms with van der Waals surface area (Å²) in [5.74, 6) is -6.84. The normalized spacial score (nSPS) is 34.6. The van der Waals surface area contributed by atoms with E-state index in [9.17, 15) is 70.2 Å². The van der Waals surface area contributed by atoms with Gasteiger partial charge in [-0.2, -0.15) is 0 Å². The second kappa shape index (κ2) is 34.0. The van der Waals surface area contributed by atoms with Crippen LogP contribution in [0.15, 0.2) is 146 Å². The topological polar surface area (TPSA) is 363 Å². The lowest BCUT2D eigenvalue weighted by Crippen LogP contribution is -2.63. The average Bonchev–Trinajstić information content (AvgIpc) is 0.708. The van der Waals surface area contributed by atoms with Gasteiger partial charge >= 0.3 is 23.9 Å². The molecule has 20 unspecified atom stereocenters. The Kier molecular flexibility index (Phi) is 23.1. The molecule has 0 spiro atoms. The first-order valence-corrected chi connectivity index (χ1v) is 49.1. The van der Waals surface area contributed by atoms with E-state index in [-0.39, 0.29) is 165 Å². The van der Waals surface area contributed by atoms with Crippen molar-refractivity contribution in [2.75, 3.05) is 67.1 Å². The fourth-order valence-corrected chi connectivity index (χ4v) is 32.1. The lowest BCUT2D eigenvalue weighted by Gasteiger charge is -2.63. The third kappa shape index (κ3) is 17.2. The number of esters is 4. The molecule has 8 aromatic carbocycles. The Morgan fingerprint density at radius 1 is 0.279 bits per heavy atom. The number of aromatic hydroxyl groups is 4. The highest BCUT2D eigenvalue weighted by Gasteiger charge is 2.66. The fourth-order valence-electron chi connectivity index (χ4n) is 32.1. The van der Waals surface area contributed by atoms with Crippen molar-refractivity contribution in [2.24, 2.45) is 45.3 Å². The molecule has 25 rings (SSSR count). The fraction of sp³-hybridized carbons (Fsp3) is 0.536. The molecular formula is C112H128O24. The number of ether oxygens (including phenoxy) is 10. The summed E-state index contributed by atoms with van der Waals surface area (Å²) in [6.45, 7) is 7.74. The Balaban J connectivity index is 0.676. The van der Waals surface area contributed by atoms with E-state index >= 15 is 0 Å². The number of hydrogen-bond donors (Lipinski definition) is 10. The first-order chi connectivity index (χ1) is 64.8. The van der Waals surface area contributed by atoms with Crippen LogP contribution < -0.4 is 9.47 Å². The van der Waals surface area contributed by atoms with Crippen molar-refractivity contribution in [3.05, 3.63) is 246 Å². The number of carbonyl (C=O) groups is 4. The number of phenols is 4. The molecule has 0 amide bonds. The SMILES string of the molecule is COc1cc(O)c2cc1C(c1ccc(C(=O)OCCOC34CC5CC(C)(CC(O)(C5)C3)C4)cc1)c1cc(c(OC)cc1O)C(c1ccc(C(=O)OCCOC34CC5CC(C)(CC(O)(C5)C3)C4)cc1)c1cc(c(CO)cc1O)C(c1ccc(C(=O)OCCOC34CC5CC(C)(CC(O)(C5)C3)C4)cc1)c1cc(c(CO)cc1O)C2c1ccc(C(=O)OCCOC23CC4CC(C)(CC(O)(C4)C2)C3)cc1. The maximum Gasteiger partial charge on any atom is 0.338 e. The highest BCUT2D eigenvalue weighted by molar-refractivity contribution is 5.91. The number of aliphatic hydroxyl groups is 6. The molecule has 136 heavy (non-hydrogen) atoms. The van der Waals surface area contributed by atoms with E-state index in [1.165, 1.54) is 38.5 Å². The van der Waals surface area contributed by atoms with Crippen LogP contribution in [0.4, 0.5) is 0 Å². The van der Waals surface area contributed by atoms with E-state index in [1.807, 2.05) is 0 Å². The Hall–Kier alpha value is -9.96. The molecule has 0 aromatic heterocycles. The highest BCUT2D eigenvalue weighted by Crippen LogP contribution is 2.69. The zero-order chi connectivity index (χ0) is 94.9. The molecular weight excluding hydrogens is 1730 g/mol. The molecule has 24 nitrogen and oxygen atoms in total. The second-order valence-electron chi connectivity index (χ2n) is 45.9. The molecule has 0 radical (unpaired) electrons. The van der Waals surface area contributed by atoms with E-state index < -0.39 is 106 Å². The van der Waals surface area contributed by atoms with Gasteiger partial charge in [0.1, 0.15) is 60.9 Å². The Morgan fingerprint density at radius 3 is 0.728 bits per heavy atom. The number of rotatable bonds is 28. The summed E-state index contributed by atoms with van der Waals surface area (Å²) in [4.78, 5) is 57.7. The first-order valence-electron chi connectivity index (χ1n) is 49.1. The largest absolute Gasteiger partial charge is 0.508 e. The third-order valence-corrected chi connectivity index (χ3v) is 34.0. The van der Waals surface area contributed by atoms with Crippen molar-refractivity contribution in [1.82, 2.24) is 0 Å². The van der Waals surface area contributed by atoms with Crippen molar-refractivity contribution >= 4 is 23.9 Å². The quantitative estimate of drug-likeness (QED) is 0.0124. The van der Waals surface area contributed by atoms with Gasteiger partial charge in [-0.15, -0.1) is 0 Å². The standard InChI is InChI=1S/C112H128O24/c1-101-39-65-43-105(123,53-101)61-109(47-65,57-101)133-27-23-129-97(119)73-15-7-69(8-16-73)93-80-34-82(88(116)32-78(80)52-114)95(71-11-19-75(20-12-71)99(121)131-25-29-135-111-49-67-41-103(3,59-111)55-107(125,45-67)63-111)86-36-84(90(118)38-92(86)128-6)96(72-13-21-76(22-14-72)100(122)132-26-30-136-112-50-68-42-104(4,60-112)56-108(126,46-68)64-112)85-35-83(89(117)37-91(85)127-5)94(79-33-81(93)87(115)31-77(79)51-113)70-9-17-74(18-10-70)98(120)130-24-28-134-110-48-66-40-102(2,58-110)54-106(124,44-66)62-110/h7-22,31-38,65-68,93-96,113-118,123-126H,23-30,39-64H2,1-6H3. The molecule has 10 N–H and O–H groups in total. The number of aliphatic hydroxyl groups excluding tert-OH is 2. The predicted octanol–water partition coefficient (Wildman–Crippen LogP) is 17.1. The Bertz CT molecular complexity index is 5210. The zero-order valence-electron chi connectivity index (χ0n) is 78.7. The molecule has 24 heteroatoms. The van der Waals surface area contributed by atoms with Crippen LogP contribution in [-0.2, 0) is 51.1 Å². The van der Waals surface area contributed by atoms with Gasteiger partial charge in [-0.3, -0.25) is 0 Å². The number of benzene rings is 8. The maximum absolute atomic E-state index is 14.4. The highest BCUT2D eigenvalue weighted by atomic mass is 16.6. The summed E-state index contributed by atoms with van der Waals surface area (Å²) in [5.41, 5.74) is -0.405. The predicted molar refractivity (Wildman–Crippen MR) is 500 cm³/mol. The summed E-state index contributed by atoms with van der Waals surface area (Å²) in [7, 11) is 2.88. The van der Waals surface area contributed by atoms with Crippen LogP contribution in [0.1, 0.15) is 325 Å². The zero-order valence-corrected chi connectivity index (χ0v) is 78.7. The summed E-state index contributed by atoms with van der Waals surface area (Å²) in [6.07, 6.45) is 18.9. The number of fused-ring (bicyclic) bond motifs is 8. The van der Waals surface area contributed by atoms with Crippen LogP contribution in [0.5, 0.6) is 34.5 Å². The van der Waals surface area contributed by atoms with Crippen molar-refractivity contribution in [1.29, 1.82) is 0 Å². The Labute approximate surface area is 793 Å². The van der Waals surface area contributed by atoms with Gasteiger partial charge in [-0.25, -0.2) is 19.2 Å². The van der Waals surface area contributed by atoms with Gasteiger partial charge in [0.05, 0.1) is 121 Å². The molecule has 17 aliphatic rings. The van der Waals surface area contributed by atoms with Crippen LogP contribution in [0.25, 0.3) is 0 Å².